The highest BCUT2D eigenvalue weighted by Crippen LogP contribution is 2.38. The summed E-state index contributed by atoms with van der Waals surface area (Å²) in [4.78, 5) is 0. The van der Waals surface area contributed by atoms with Gasteiger partial charge in [0.15, 0.2) is 5.82 Å². The second-order valence-corrected chi connectivity index (χ2v) is 6.95. The molecule has 0 saturated heterocycles. The summed E-state index contributed by atoms with van der Waals surface area (Å²) >= 11 is 0. The maximum Gasteiger partial charge on any atom is 0.153 e. The number of nitrogens with one attached hydrogen (secondary N) is 1. The molecular weight excluding hydrogens is 320 g/mol. The summed E-state index contributed by atoms with van der Waals surface area (Å²) in [6, 6.07) is 23.2. The fraction of sp³-hybridized carbons (Fsp3) is 0.182. The number of benzene rings is 2. The molecule has 2 heterocycles. The van der Waals surface area contributed by atoms with Crippen molar-refractivity contribution < 1.29 is 0 Å². The molecule has 1 N–H and O–H groups in total. The Hall–Kier alpha value is -3.14. The summed E-state index contributed by atoms with van der Waals surface area (Å²) < 4.78 is 2.28. The van der Waals surface area contributed by atoms with Crippen molar-refractivity contribution in [2.45, 2.75) is 25.3 Å². The van der Waals surface area contributed by atoms with E-state index in [2.05, 4.69) is 86.9 Å². The molecule has 2 aromatic carbocycles. The van der Waals surface area contributed by atoms with Gasteiger partial charge in [-0.1, -0.05) is 30.3 Å². The van der Waals surface area contributed by atoms with Crippen LogP contribution in [-0.2, 0) is 6.54 Å². The van der Waals surface area contributed by atoms with Crippen LogP contribution in [0.2, 0.25) is 0 Å². The molecule has 0 bridgehead atoms. The summed E-state index contributed by atoms with van der Waals surface area (Å²) in [7, 11) is 0. The van der Waals surface area contributed by atoms with Crippen molar-refractivity contribution in [2.24, 2.45) is 0 Å². The summed E-state index contributed by atoms with van der Waals surface area (Å²) in [6.07, 6.45) is 4.64. The molecule has 4 aromatic rings. The molecule has 0 atom stereocenters. The average molecular weight is 340 g/mol. The van der Waals surface area contributed by atoms with Gasteiger partial charge < -0.3 is 9.88 Å². The lowest BCUT2D eigenvalue weighted by molar-refractivity contribution is 0.837. The molecule has 5 rings (SSSR count). The normalized spacial score (nSPS) is 13.8. The molecule has 2 aromatic heterocycles. The molecule has 26 heavy (non-hydrogen) atoms. The predicted molar refractivity (Wildman–Crippen MR) is 105 cm³/mol. The molecule has 4 nitrogen and oxygen atoms in total. The number of anilines is 2. The number of nitrogens with zero attached hydrogens (tertiary/aromatic N) is 3. The van der Waals surface area contributed by atoms with Crippen LogP contribution in [0.4, 0.5) is 11.5 Å². The average Bonchev–Trinajstić information content (AvgIpc) is 3.46. The maximum atomic E-state index is 4.33. The van der Waals surface area contributed by atoms with Crippen molar-refractivity contribution >= 4 is 22.4 Å². The van der Waals surface area contributed by atoms with E-state index in [9.17, 15) is 0 Å². The van der Waals surface area contributed by atoms with Gasteiger partial charge in [-0.3, -0.25) is 0 Å². The summed E-state index contributed by atoms with van der Waals surface area (Å²) in [5, 5.41) is 13.2. The molecule has 1 saturated carbocycles. The van der Waals surface area contributed by atoms with Crippen LogP contribution >= 0.6 is 0 Å². The van der Waals surface area contributed by atoms with E-state index in [4.69, 9.17) is 0 Å². The lowest BCUT2D eigenvalue weighted by Gasteiger charge is -2.08. The van der Waals surface area contributed by atoms with Gasteiger partial charge in [-0.25, -0.2) is 0 Å². The number of rotatable bonds is 5. The third-order valence-corrected chi connectivity index (χ3v) is 4.92. The van der Waals surface area contributed by atoms with Crippen LogP contribution in [0.15, 0.2) is 72.9 Å². The van der Waals surface area contributed by atoms with Gasteiger partial charge >= 0.3 is 0 Å². The number of hydrogen-bond acceptors (Lipinski definition) is 3. The third-order valence-electron chi connectivity index (χ3n) is 4.92. The van der Waals surface area contributed by atoms with E-state index < -0.39 is 0 Å². The minimum atomic E-state index is 0.636. The van der Waals surface area contributed by atoms with Gasteiger partial charge in [0.2, 0.25) is 0 Å². The highest BCUT2D eigenvalue weighted by Gasteiger charge is 2.25. The van der Waals surface area contributed by atoms with Crippen LogP contribution in [-0.4, -0.2) is 14.8 Å². The van der Waals surface area contributed by atoms with Crippen molar-refractivity contribution in [1.29, 1.82) is 0 Å². The van der Waals surface area contributed by atoms with Crippen LogP contribution in [0.1, 0.15) is 30.0 Å². The Labute approximate surface area is 152 Å². The third kappa shape index (κ3) is 3.06. The van der Waals surface area contributed by atoms with E-state index in [1.54, 1.807) is 0 Å². The van der Waals surface area contributed by atoms with Gasteiger partial charge in [0.05, 0.1) is 5.69 Å². The molecule has 0 amide bonds. The van der Waals surface area contributed by atoms with E-state index in [0.29, 0.717) is 5.92 Å². The Morgan fingerprint density at radius 2 is 1.81 bits per heavy atom. The lowest BCUT2D eigenvalue weighted by atomic mass is 10.2. The zero-order chi connectivity index (χ0) is 17.3. The van der Waals surface area contributed by atoms with E-state index in [-0.39, 0.29) is 0 Å². The fourth-order valence-electron chi connectivity index (χ4n) is 3.35. The Balaban J connectivity index is 1.36. The number of fused-ring (bicyclic) bond motifs is 1. The minimum absolute atomic E-state index is 0.636. The SMILES string of the molecule is c1ccc(Cn2ccc3cc(Nc4ccc(C5CC5)nn4)ccc32)cc1. The first-order valence-electron chi connectivity index (χ1n) is 9.09. The molecule has 0 aliphatic heterocycles. The van der Waals surface area contributed by atoms with E-state index in [1.807, 2.05) is 6.07 Å². The highest BCUT2D eigenvalue weighted by molar-refractivity contribution is 5.84. The van der Waals surface area contributed by atoms with E-state index in [1.165, 1.54) is 29.3 Å². The largest absolute Gasteiger partial charge is 0.343 e. The lowest BCUT2D eigenvalue weighted by Crippen LogP contribution is -1.99. The Morgan fingerprint density at radius 1 is 0.923 bits per heavy atom. The first-order valence-corrected chi connectivity index (χ1v) is 9.09. The molecule has 128 valence electrons. The van der Waals surface area contributed by atoms with Gasteiger partial charge in [-0.15, -0.1) is 5.10 Å². The highest BCUT2D eigenvalue weighted by atomic mass is 15.2. The summed E-state index contributed by atoms with van der Waals surface area (Å²) in [5.41, 5.74) is 4.68. The van der Waals surface area contributed by atoms with Crippen LogP contribution in [0.3, 0.4) is 0 Å². The first-order chi connectivity index (χ1) is 12.8. The summed E-state index contributed by atoms with van der Waals surface area (Å²) in [6.45, 7) is 0.880. The maximum absolute atomic E-state index is 4.33. The molecule has 0 unspecified atom stereocenters. The second kappa shape index (κ2) is 6.30. The van der Waals surface area contributed by atoms with Crippen LogP contribution < -0.4 is 5.32 Å². The second-order valence-electron chi connectivity index (χ2n) is 6.95. The van der Waals surface area contributed by atoms with Crippen LogP contribution in [0, 0.1) is 0 Å². The minimum Gasteiger partial charge on any atom is -0.343 e. The Kier molecular flexibility index (Phi) is 3.67. The summed E-state index contributed by atoms with van der Waals surface area (Å²) in [5.74, 6) is 1.43. The van der Waals surface area contributed by atoms with Gasteiger partial charge in [0, 0.05) is 35.2 Å². The van der Waals surface area contributed by atoms with Crippen molar-refractivity contribution in [3.63, 3.8) is 0 Å². The van der Waals surface area contributed by atoms with E-state index in [0.717, 1.165) is 23.7 Å². The smallest absolute Gasteiger partial charge is 0.153 e. The van der Waals surface area contributed by atoms with Gasteiger partial charge in [-0.2, -0.15) is 5.10 Å². The van der Waals surface area contributed by atoms with Gasteiger partial charge in [0.25, 0.3) is 0 Å². The zero-order valence-corrected chi connectivity index (χ0v) is 14.5. The molecule has 0 spiro atoms. The quantitative estimate of drug-likeness (QED) is 0.549. The molecule has 4 heteroatoms. The molecule has 1 fully saturated rings. The molecule has 1 aliphatic rings. The molecule has 0 radical (unpaired) electrons. The Bertz CT molecular complexity index is 1030. The molecule has 1 aliphatic carbocycles. The predicted octanol–water partition coefficient (Wildman–Crippen LogP) is 5.10. The monoisotopic (exact) mass is 340 g/mol. The van der Waals surface area contributed by atoms with Crippen molar-refractivity contribution in [3.05, 3.63) is 84.2 Å². The van der Waals surface area contributed by atoms with Crippen molar-refractivity contribution in [1.82, 2.24) is 14.8 Å². The standard InChI is InChI=1S/C22H20N4/c1-2-4-16(5-3-1)15-26-13-12-18-14-19(8-10-21(18)26)23-22-11-9-20(24-25-22)17-6-7-17/h1-5,8-14,17H,6-7,15H2,(H,23,25). The zero-order valence-electron chi connectivity index (χ0n) is 14.5. The van der Waals surface area contributed by atoms with Crippen LogP contribution in [0.25, 0.3) is 10.9 Å². The van der Waals surface area contributed by atoms with Gasteiger partial charge in [-0.05, 0) is 54.8 Å². The number of hydrogen-bond donors (Lipinski definition) is 1. The van der Waals surface area contributed by atoms with Gasteiger partial charge in [0.1, 0.15) is 0 Å². The van der Waals surface area contributed by atoms with Crippen molar-refractivity contribution in [2.75, 3.05) is 5.32 Å². The molecular formula is C22H20N4. The first kappa shape index (κ1) is 15.1. The van der Waals surface area contributed by atoms with E-state index >= 15 is 0 Å². The Morgan fingerprint density at radius 3 is 2.58 bits per heavy atom. The topological polar surface area (TPSA) is 42.7 Å². The fourth-order valence-corrected chi connectivity index (χ4v) is 3.35. The van der Waals surface area contributed by atoms with Crippen LogP contribution in [0.5, 0.6) is 0 Å². The van der Waals surface area contributed by atoms with Crippen molar-refractivity contribution in [3.8, 4) is 0 Å². The number of aromatic nitrogens is 3.